The summed E-state index contributed by atoms with van der Waals surface area (Å²) in [5, 5.41) is 4.38. The average molecular weight is 481 g/mol. The molecule has 0 spiro atoms. The number of amides is 1. The summed E-state index contributed by atoms with van der Waals surface area (Å²) in [6, 6.07) is 13.8. The maximum Gasteiger partial charge on any atom is 0.272 e. The van der Waals surface area contributed by atoms with Crippen LogP contribution in [-0.4, -0.2) is 45.5 Å². The number of carbonyl (C=O) groups excluding carboxylic acids is 1. The zero-order valence-corrected chi connectivity index (χ0v) is 19.7. The number of benzene rings is 1. The molecule has 0 aliphatic carbocycles. The lowest BCUT2D eigenvalue weighted by Crippen LogP contribution is -2.30. The molecule has 1 N–H and O–H groups in total. The van der Waals surface area contributed by atoms with Crippen LogP contribution in [0.3, 0.4) is 0 Å². The van der Waals surface area contributed by atoms with E-state index < -0.39 is 0 Å². The standard InChI is InChI=1S/C24H24N4O3S2/c29-19(25-12-10-16-6-2-1-3-7-16)15-32-24-27-20-18-9-4-11-26-22(18)33-21(20)23(30)28(24)14-17-8-5-13-31-17/h1-4,6-7,9,11,17H,5,8,10,12-15H2,(H,25,29). The van der Waals surface area contributed by atoms with E-state index in [-0.39, 0.29) is 23.3 Å². The molecule has 4 heterocycles. The van der Waals surface area contributed by atoms with Gasteiger partial charge in [-0.2, -0.15) is 0 Å². The molecule has 170 valence electrons. The number of nitrogens with one attached hydrogen (secondary N) is 1. The Hall–Kier alpha value is -2.75. The molecule has 1 amide bonds. The van der Waals surface area contributed by atoms with E-state index >= 15 is 0 Å². The number of aromatic nitrogens is 3. The molecule has 0 radical (unpaired) electrons. The molecular weight excluding hydrogens is 456 g/mol. The van der Waals surface area contributed by atoms with Crippen LogP contribution in [0.4, 0.5) is 0 Å². The summed E-state index contributed by atoms with van der Waals surface area (Å²) >= 11 is 2.66. The number of hydrogen-bond donors (Lipinski definition) is 1. The van der Waals surface area contributed by atoms with Gasteiger partial charge in [-0.1, -0.05) is 42.1 Å². The fourth-order valence-corrected chi connectivity index (χ4v) is 5.84. The van der Waals surface area contributed by atoms with Crippen molar-refractivity contribution >= 4 is 49.4 Å². The van der Waals surface area contributed by atoms with Crippen LogP contribution in [0, 0.1) is 0 Å². The van der Waals surface area contributed by atoms with Crippen molar-refractivity contribution in [1.82, 2.24) is 19.9 Å². The van der Waals surface area contributed by atoms with E-state index in [0.29, 0.717) is 35.1 Å². The van der Waals surface area contributed by atoms with Crippen LogP contribution in [0.2, 0.25) is 0 Å². The third-order valence-corrected chi connectivity index (χ3v) is 7.71. The number of nitrogens with zero attached hydrogens (tertiary/aromatic N) is 3. The Kier molecular flexibility index (Phi) is 6.70. The lowest BCUT2D eigenvalue weighted by atomic mass is 10.1. The lowest BCUT2D eigenvalue weighted by molar-refractivity contribution is -0.118. The smallest absolute Gasteiger partial charge is 0.272 e. The van der Waals surface area contributed by atoms with E-state index in [1.807, 2.05) is 42.5 Å². The minimum atomic E-state index is -0.0921. The quantitative estimate of drug-likeness (QED) is 0.306. The SMILES string of the molecule is O=C(CSc1nc2c(sc3ncccc32)c(=O)n1CC1CCCO1)NCCc1ccccc1. The molecule has 0 bridgehead atoms. The highest BCUT2D eigenvalue weighted by molar-refractivity contribution is 7.99. The fraction of sp³-hybridized carbons (Fsp3) is 0.333. The maximum atomic E-state index is 13.4. The number of fused-ring (bicyclic) bond motifs is 3. The van der Waals surface area contributed by atoms with Crippen LogP contribution in [-0.2, 0) is 22.5 Å². The minimum Gasteiger partial charge on any atom is -0.376 e. The Labute approximate surface area is 199 Å². The van der Waals surface area contributed by atoms with E-state index in [1.54, 1.807) is 10.8 Å². The molecule has 4 aromatic rings. The van der Waals surface area contributed by atoms with Crippen LogP contribution in [0.1, 0.15) is 18.4 Å². The molecule has 5 rings (SSSR count). The average Bonchev–Trinajstić information content (AvgIpc) is 3.48. The summed E-state index contributed by atoms with van der Waals surface area (Å²) in [6.07, 6.45) is 4.40. The molecule has 1 atom stereocenters. The molecule has 1 saturated heterocycles. The first kappa shape index (κ1) is 22.1. The second-order valence-corrected chi connectivity index (χ2v) is 9.90. The van der Waals surface area contributed by atoms with Gasteiger partial charge in [-0.3, -0.25) is 14.2 Å². The van der Waals surface area contributed by atoms with Gasteiger partial charge in [0, 0.05) is 24.7 Å². The number of thiophene rings is 1. The fourth-order valence-electron chi connectivity index (χ4n) is 3.98. The highest BCUT2D eigenvalue weighted by Crippen LogP contribution is 2.30. The molecular formula is C24H24N4O3S2. The van der Waals surface area contributed by atoms with Gasteiger partial charge in [-0.15, -0.1) is 11.3 Å². The summed E-state index contributed by atoms with van der Waals surface area (Å²) in [5.74, 6) is 0.115. The van der Waals surface area contributed by atoms with E-state index in [9.17, 15) is 9.59 Å². The number of thioether (sulfide) groups is 1. The Morgan fingerprint density at radius 1 is 1.24 bits per heavy atom. The minimum absolute atomic E-state index is 0.00602. The summed E-state index contributed by atoms with van der Waals surface area (Å²) in [4.78, 5) is 35.9. The highest BCUT2D eigenvalue weighted by atomic mass is 32.2. The predicted molar refractivity (Wildman–Crippen MR) is 132 cm³/mol. The number of hydrogen-bond acceptors (Lipinski definition) is 7. The topological polar surface area (TPSA) is 86.1 Å². The molecule has 0 saturated carbocycles. The molecule has 1 aliphatic rings. The van der Waals surface area contributed by atoms with E-state index in [0.717, 1.165) is 29.5 Å². The molecule has 1 aromatic carbocycles. The van der Waals surface area contributed by atoms with Crippen LogP contribution in [0.5, 0.6) is 0 Å². The number of pyridine rings is 1. The molecule has 7 nitrogen and oxygen atoms in total. The van der Waals surface area contributed by atoms with Crippen LogP contribution in [0.25, 0.3) is 20.4 Å². The Balaban J connectivity index is 1.36. The Morgan fingerprint density at radius 2 is 2.12 bits per heavy atom. The van der Waals surface area contributed by atoms with Crippen molar-refractivity contribution in [1.29, 1.82) is 0 Å². The summed E-state index contributed by atoms with van der Waals surface area (Å²) in [6.45, 7) is 1.73. The Morgan fingerprint density at radius 3 is 2.94 bits per heavy atom. The highest BCUT2D eigenvalue weighted by Gasteiger charge is 2.22. The zero-order chi connectivity index (χ0) is 22.6. The largest absolute Gasteiger partial charge is 0.376 e. The molecule has 1 aliphatic heterocycles. The van der Waals surface area contributed by atoms with Crippen LogP contribution < -0.4 is 10.9 Å². The van der Waals surface area contributed by atoms with Gasteiger partial charge >= 0.3 is 0 Å². The van der Waals surface area contributed by atoms with Gasteiger partial charge in [0.25, 0.3) is 5.56 Å². The van der Waals surface area contributed by atoms with Gasteiger partial charge in [0.05, 0.1) is 23.9 Å². The van der Waals surface area contributed by atoms with Crippen LogP contribution >= 0.6 is 23.1 Å². The van der Waals surface area contributed by atoms with Crippen molar-refractivity contribution in [3.63, 3.8) is 0 Å². The van der Waals surface area contributed by atoms with E-state index in [1.165, 1.54) is 28.7 Å². The first-order valence-corrected chi connectivity index (χ1v) is 12.8. The summed E-state index contributed by atoms with van der Waals surface area (Å²) < 4.78 is 8.05. The van der Waals surface area contributed by atoms with Crippen molar-refractivity contribution in [3.05, 3.63) is 64.6 Å². The third kappa shape index (κ3) is 4.95. The molecule has 1 unspecified atom stereocenters. The molecule has 33 heavy (non-hydrogen) atoms. The maximum absolute atomic E-state index is 13.4. The number of carbonyl (C=O) groups is 1. The van der Waals surface area contributed by atoms with Gasteiger partial charge in [0.2, 0.25) is 5.91 Å². The number of rotatable bonds is 8. The van der Waals surface area contributed by atoms with Gasteiger partial charge in [0.15, 0.2) is 5.16 Å². The molecule has 1 fully saturated rings. The second-order valence-electron chi connectivity index (χ2n) is 7.96. The Bertz CT molecular complexity index is 1330. The first-order chi connectivity index (χ1) is 16.2. The van der Waals surface area contributed by atoms with Crippen molar-refractivity contribution in [3.8, 4) is 0 Å². The van der Waals surface area contributed by atoms with Gasteiger partial charge < -0.3 is 10.1 Å². The molecule has 9 heteroatoms. The van der Waals surface area contributed by atoms with E-state index in [4.69, 9.17) is 9.72 Å². The zero-order valence-electron chi connectivity index (χ0n) is 18.0. The predicted octanol–water partition coefficient (Wildman–Crippen LogP) is 3.64. The van der Waals surface area contributed by atoms with Gasteiger partial charge in [-0.25, -0.2) is 9.97 Å². The van der Waals surface area contributed by atoms with Crippen molar-refractivity contribution in [2.24, 2.45) is 0 Å². The molecule has 3 aromatic heterocycles. The normalized spacial score (nSPS) is 15.9. The van der Waals surface area contributed by atoms with Crippen molar-refractivity contribution in [2.45, 2.75) is 37.1 Å². The van der Waals surface area contributed by atoms with E-state index in [2.05, 4.69) is 10.3 Å². The third-order valence-electron chi connectivity index (χ3n) is 5.64. The van der Waals surface area contributed by atoms with Crippen molar-refractivity contribution < 1.29 is 9.53 Å². The number of ether oxygens (including phenoxy) is 1. The van der Waals surface area contributed by atoms with Gasteiger partial charge in [0.1, 0.15) is 9.53 Å². The first-order valence-electron chi connectivity index (χ1n) is 11.0. The van der Waals surface area contributed by atoms with Gasteiger partial charge in [-0.05, 0) is 37.0 Å². The second kappa shape index (κ2) is 10.0. The summed E-state index contributed by atoms with van der Waals surface area (Å²) in [5.41, 5.74) is 1.75. The monoisotopic (exact) mass is 480 g/mol. The van der Waals surface area contributed by atoms with Crippen LogP contribution in [0.15, 0.2) is 58.6 Å². The van der Waals surface area contributed by atoms with Crippen molar-refractivity contribution in [2.75, 3.05) is 18.9 Å². The lowest BCUT2D eigenvalue weighted by Gasteiger charge is -2.15. The summed E-state index contributed by atoms with van der Waals surface area (Å²) in [7, 11) is 0.